The van der Waals surface area contributed by atoms with Crippen LogP contribution >= 0.6 is 40.7 Å². The molecule has 0 nitrogen and oxygen atoms in total. The van der Waals surface area contributed by atoms with E-state index in [1.165, 1.54) is 49.0 Å². The van der Waals surface area contributed by atoms with E-state index >= 15 is 0 Å². The molecule has 0 saturated heterocycles. The second-order valence-electron chi connectivity index (χ2n) is 13.0. The van der Waals surface area contributed by atoms with E-state index in [1.807, 2.05) is 0 Å². The fourth-order valence-corrected chi connectivity index (χ4v) is 29.3. The summed E-state index contributed by atoms with van der Waals surface area (Å²) in [5, 5.41) is 0. The monoisotopic (exact) mass is 738 g/mol. The molecule has 2 aliphatic carbocycles. The van der Waals surface area contributed by atoms with Crippen LogP contribution in [0, 0.1) is 5.92 Å². The summed E-state index contributed by atoms with van der Waals surface area (Å²) in [6.45, 7) is 9.63. The van der Waals surface area contributed by atoms with Crippen molar-refractivity contribution in [3.8, 4) is 22.3 Å². The van der Waals surface area contributed by atoms with Crippen LogP contribution in [0.3, 0.4) is 0 Å². The van der Waals surface area contributed by atoms with Crippen molar-refractivity contribution >= 4 is 59.8 Å². The molecule has 0 saturated carbocycles. The molecule has 0 spiro atoms. The standard InChI is InChI=1S/C18H17.C16H12Br.2CH3.2ClH.H2Si.Zr/c1-13(2)16-11-15-9-6-10-17(18(15)12-16)14-7-4-3-5-8-14;1-11-9-14-13(12-5-3-2-4-6-12)7-8-16(17)15(14)10-11;;;;;;/h3-13H,1-2H3;2-10H,1H3;2*1H3;2*1H;1H2;. The molecule has 0 radical (unpaired) electrons. The maximum Gasteiger partial charge on any atom is -0.147 e. The quantitative estimate of drug-likeness (QED) is 0.179. The van der Waals surface area contributed by atoms with Crippen molar-refractivity contribution in [2.45, 2.75) is 37.3 Å². The molecule has 4 aromatic carbocycles. The van der Waals surface area contributed by atoms with Gasteiger partial charge in [0, 0.05) is 0 Å². The second kappa shape index (κ2) is 11.9. The number of allylic oxidation sites excluding steroid dienone is 2. The van der Waals surface area contributed by atoms with Crippen LogP contribution in [-0.4, -0.2) is 6.88 Å². The van der Waals surface area contributed by atoms with E-state index in [0.717, 1.165) is 0 Å². The molecular weight excluding hydrogens is 703 g/mol. The van der Waals surface area contributed by atoms with Crippen LogP contribution in [0.1, 0.15) is 50.3 Å². The minimum Gasteiger partial charge on any atom is -0.147 e. The summed E-state index contributed by atoms with van der Waals surface area (Å²) in [5.74, 6) is 0.507. The van der Waals surface area contributed by atoms with Crippen LogP contribution in [-0.2, 0) is 17.4 Å². The number of benzene rings is 4. The van der Waals surface area contributed by atoms with Gasteiger partial charge in [-0.25, -0.2) is 0 Å². The third kappa shape index (κ3) is 5.40. The zero-order valence-electron chi connectivity index (χ0n) is 24.4. The van der Waals surface area contributed by atoms with Gasteiger partial charge in [0.25, 0.3) is 0 Å². The number of halogens is 3. The molecule has 0 aromatic heterocycles. The van der Waals surface area contributed by atoms with Crippen LogP contribution < -0.4 is 0 Å². The number of hydrogen-bond donors (Lipinski definition) is 0. The van der Waals surface area contributed by atoms with Gasteiger partial charge in [-0.2, -0.15) is 0 Å². The minimum atomic E-state index is -3.65. The molecule has 0 aliphatic heterocycles. The second-order valence-corrected chi connectivity index (χ2v) is 44.3. The predicted octanol–water partition coefficient (Wildman–Crippen LogP) is 11.2. The van der Waals surface area contributed by atoms with Crippen molar-refractivity contribution in [2.75, 3.05) is 0 Å². The Labute approximate surface area is 269 Å². The summed E-state index contributed by atoms with van der Waals surface area (Å²) in [4.78, 5) is 0. The topological polar surface area (TPSA) is 0 Å². The molecule has 2 aliphatic rings. The normalized spacial score (nSPS) is 17.7. The summed E-state index contributed by atoms with van der Waals surface area (Å²) in [7, 11) is 0. The third-order valence-corrected chi connectivity index (χ3v) is 27.4. The smallest absolute Gasteiger partial charge is 0.147 e. The van der Waals surface area contributed by atoms with Crippen LogP contribution in [0.25, 0.3) is 34.4 Å². The maximum atomic E-state index is 4.05. The summed E-state index contributed by atoms with van der Waals surface area (Å²) in [6.07, 6.45) is 5.09. The molecule has 4 aromatic rings. The van der Waals surface area contributed by atoms with Crippen LogP contribution in [0.2, 0.25) is 9.26 Å². The van der Waals surface area contributed by atoms with Crippen molar-refractivity contribution in [1.29, 1.82) is 0 Å². The molecule has 0 bridgehead atoms. The zero-order valence-corrected chi connectivity index (χ0v) is 31.5. The molecule has 0 fully saturated rings. The molecule has 5 heteroatoms. The number of fused-ring (bicyclic) bond motifs is 2. The Hall–Kier alpha value is -1.48. The van der Waals surface area contributed by atoms with Crippen LogP contribution in [0.4, 0.5) is 0 Å². The average Bonchev–Trinajstić information content (AvgIpc) is 3.50. The molecule has 0 N–H and O–H groups in total. The van der Waals surface area contributed by atoms with Gasteiger partial charge < -0.3 is 0 Å². The first-order valence-electron chi connectivity index (χ1n) is 14.1. The Morgan fingerprint density at radius 2 is 1.24 bits per heavy atom. The van der Waals surface area contributed by atoms with Crippen molar-refractivity contribution in [3.05, 3.63) is 129 Å². The molecule has 0 heterocycles. The van der Waals surface area contributed by atoms with E-state index < -0.39 is 17.4 Å². The van der Waals surface area contributed by atoms with E-state index in [-0.39, 0.29) is 24.8 Å². The number of hydrogen-bond acceptors (Lipinski definition) is 0. The van der Waals surface area contributed by atoms with Gasteiger partial charge in [0.05, 0.1) is 0 Å². The largest absolute Gasteiger partial charge is 0.147 e. The van der Waals surface area contributed by atoms with Crippen molar-refractivity contribution in [3.63, 3.8) is 0 Å². The Balaban J connectivity index is 0.00000194. The fourth-order valence-electron chi connectivity index (χ4n) is 7.71. The van der Waals surface area contributed by atoms with E-state index in [0.29, 0.717) is 13.2 Å². The zero-order chi connectivity index (χ0) is 27.6. The molecule has 41 heavy (non-hydrogen) atoms. The minimum absolute atomic E-state index is 0. The van der Waals surface area contributed by atoms with Crippen LogP contribution in [0.15, 0.2) is 107 Å². The first-order valence-corrected chi connectivity index (χ1v) is 28.6. The van der Waals surface area contributed by atoms with Gasteiger partial charge in [-0.05, 0) is 0 Å². The summed E-state index contributed by atoms with van der Waals surface area (Å²) >= 11 is 0.405. The molecule has 0 amide bonds. The van der Waals surface area contributed by atoms with Gasteiger partial charge in [0.1, 0.15) is 0 Å². The van der Waals surface area contributed by atoms with E-state index in [4.69, 9.17) is 0 Å². The van der Waals surface area contributed by atoms with E-state index in [1.54, 1.807) is 11.1 Å². The van der Waals surface area contributed by atoms with Crippen molar-refractivity contribution in [1.82, 2.24) is 0 Å². The summed E-state index contributed by atoms with van der Waals surface area (Å²) in [5.41, 5.74) is 14.5. The van der Waals surface area contributed by atoms with Gasteiger partial charge in [-0.15, -0.1) is 24.8 Å². The third-order valence-electron chi connectivity index (χ3n) is 9.18. The van der Waals surface area contributed by atoms with Crippen LogP contribution in [0.5, 0.6) is 0 Å². The molecule has 2 atom stereocenters. The van der Waals surface area contributed by atoms with Crippen molar-refractivity contribution < 1.29 is 17.4 Å². The van der Waals surface area contributed by atoms with E-state index in [2.05, 4.69) is 156 Å². The Morgan fingerprint density at radius 3 is 1.80 bits per heavy atom. The molecule has 6 rings (SSSR count). The Bertz CT molecular complexity index is 1730. The van der Waals surface area contributed by atoms with Gasteiger partial charge >= 0.3 is 247 Å². The SMILES string of the molecule is CC1=Cc2c(-c3ccccc3)ccc(Br)c2[CH]1[Zr]([CH3])([CH3])(=[SiH2])[CH]1C(C(C)C)=Cc2c(-c3ccccc3)cccc21.Cl.Cl. The van der Waals surface area contributed by atoms with E-state index in [9.17, 15) is 0 Å². The van der Waals surface area contributed by atoms with Gasteiger partial charge in [-0.1, -0.05) is 0 Å². The van der Waals surface area contributed by atoms with Gasteiger partial charge in [0.15, 0.2) is 0 Å². The van der Waals surface area contributed by atoms with Gasteiger partial charge in [0.2, 0.25) is 0 Å². The van der Waals surface area contributed by atoms with Crippen molar-refractivity contribution in [2.24, 2.45) is 5.92 Å². The first kappa shape index (κ1) is 32.4. The Kier molecular flexibility index (Phi) is 9.41. The Morgan fingerprint density at radius 1 is 0.683 bits per heavy atom. The molecular formula is C36H39BrCl2SiZr. The number of rotatable bonds is 5. The predicted molar refractivity (Wildman–Crippen MR) is 188 cm³/mol. The molecule has 2 unspecified atom stereocenters. The first-order chi connectivity index (χ1) is 18.6. The fraction of sp³-hybridized carbons (Fsp3) is 0.222. The molecule has 212 valence electrons. The van der Waals surface area contributed by atoms with Gasteiger partial charge in [-0.3, -0.25) is 0 Å². The maximum absolute atomic E-state index is 4.05. The average molecular weight is 742 g/mol. The summed E-state index contributed by atoms with van der Waals surface area (Å²) < 4.78 is 7.73. The summed E-state index contributed by atoms with van der Waals surface area (Å²) in [6, 6.07) is 33.5.